The third kappa shape index (κ3) is 5.76. The van der Waals surface area contributed by atoms with Gasteiger partial charge in [-0.25, -0.2) is 14.6 Å². The first kappa shape index (κ1) is 29.6. The van der Waals surface area contributed by atoms with Gasteiger partial charge in [-0.1, -0.05) is 23.5 Å². The van der Waals surface area contributed by atoms with E-state index >= 15 is 0 Å². The van der Waals surface area contributed by atoms with E-state index in [0.717, 1.165) is 5.56 Å². The fourth-order valence-corrected chi connectivity index (χ4v) is 5.87. The molecule has 2 aromatic carbocycles. The Labute approximate surface area is 251 Å². The van der Waals surface area contributed by atoms with Crippen LogP contribution in [0, 0.1) is 0 Å². The van der Waals surface area contributed by atoms with Gasteiger partial charge in [0.2, 0.25) is 0 Å². The molecule has 0 spiro atoms. The highest BCUT2D eigenvalue weighted by Gasteiger charge is 2.35. The van der Waals surface area contributed by atoms with E-state index in [1.54, 1.807) is 81.4 Å². The summed E-state index contributed by atoms with van der Waals surface area (Å²) in [7, 11) is 3.06. The van der Waals surface area contributed by atoms with Gasteiger partial charge < -0.3 is 23.4 Å². The topological polar surface area (TPSA) is 119 Å². The van der Waals surface area contributed by atoms with Crippen molar-refractivity contribution in [3.05, 3.63) is 102 Å². The molecule has 0 bridgehead atoms. The first-order valence-electron chi connectivity index (χ1n) is 13.6. The molecule has 0 unspecified atom stereocenters. The van der Waals surface area contributed by atoms with Gasteiger partial charge in [0.25, 0.3) is 5.56 Å². The third-order valence-corrected chi connectivity index (χ3v) is 7.81. The van der Waals surface area contributed by atoms with Gasteiger partial charge >= 0.3 is 11.9 Å². The Bertz CT molecular complexity index is 1900. The number of hydrogen-bond acceptors (Lipinski definition) is 10. The van der Waals surface area contributed by atoms with Gasteiger partial charge in [0, 0.05) is 17.2 Å². The summed E-state index contributed by atoms with van der Waals surface area (Å²) in [5.41, 5.74) is 2.07. The number of methoxy groups -OCH3 is 2. The second kappa shape index (κ2) is 12.5. The van der Waals surface area contributed by atoms with Gasteiger partial charge in [0.1, 0.15) is 29.1 Å². The van der Waals surface area contributed by atoms with Crippen LogP contribution in [-0.2, 0) is 14.3 Å². The van der Waals surface area contributed by atoms with Crippen LogP contribution in [0.15, 0.2) is 80.1 Å². The van der Waals surface area contributed by atoms with Crippen molar-refractivity contribution in [2.45, 2.75) is 26.8 Å². The summed E-state index contributed by atoms with van der Waals surface area (Å²) in [5, 5.41) is 0. The molecule has 0 saturated heterocycles. The van der Waals surface area contributed by atoms with Crippen LogP contribution in [0.4, 0.5) is 0 Å². The number of rotatable bonds is 9. The first-order valence-corrected chi connectivity index (χ1v) is 14.4. The van der Waals surface area contributed by atoms with E-state index in [1.807, 2.05) is 0 Å². The van der Waals surface area contributed by atoms with Crippen molar-refractivity contribution in [3.8, 4) is 22.8 Å². The second-order valence-electron chi connectivity index (χ2n) is 9.41. The minimum absolute atomic E-state index is 0.161. The van der Waals surface area contributed by atoms with E-state index in [4.69, 9.17) is 23.4 Å². The number of carbonyl (C=O) groups is 2. The molecular weight excluding hydrogens is 572 g/mol. The Balaban J connectivity index is 1.60. The average molecular weight is 603 g/mol. The average Bonchev–Trinajstić information content (AvgIpc) is 3.60. The van der Waals surface area contributed by atoms with Gasteiger partial charge in [0.15, 0.2) is 4.80 Å². The van der Waals surface area contributed by atoms with Crippen molar-refractivity contribution < 1.29 is 33.0 Å². The molecule has 222 valence electrons. The quantitative estimate of drug-likeness (QED) is 0.261. The summed E-state index contributed by atoms with van der Waals surface area (Å²) >= 11 is 1.18. The Hall–Kier alpha value is -4.90. The molecule has 5 rings (SSSR count). The number of hydrogen-bond donors (Lipinski definition) is 0. The number of ether oxygens (including phenoxy) is 4. The monoisotopic (exact) mass is 602 g/mol. The summed E-state index contributed by atoms with van der Waals surface area (Å²) in [5.74, 6) is 1.06. The highest BCUT2D eigenvalue weighted by molar-refractivity contribution is 7.07. The van der Waals surface area contributed by atoms with Gasteiger partial charge in [-0.2, -0.15) is 0 Å². The Morgan fingerprint density at radius 1 is 0.977 bits per heavy atom. The number of benzene rings is 2. The number of furan rings is 1. The molecule has 1 atom stereocenters. The zero-order chi connectivity index (χ0) is 30.7. The molecule has 0 amide bonds. The van der Waals surface area contributed by atoms with E-state index in [2.05, 4.69) is 4.99 Å². The predicted octanol–water partition coefficient (Wildman–Crippen LogP) is 4.25. The van der Waals surface area contributed by atoms with Crippen LogP contribution < -0.4 is 24.4 Å². The molecule has 4 aromatic rings. The lowest BCUT2D eigenvalue weighted by molar-refractivity contribution is -0.139. The number of esters is 2. The van der Waals surface area contributed by atoms with Crippen molar-refractivity contribution in [2.75, 3.05) is 27.4 Å². The number of aromatic nitrogens is 1. The van der Waals surface area contributed by atoms with Crippen molar-refractivity contribution in [1.82, 2.24) is 4.57 Å². The summed E-state index contributed by atoms with van der Waals surface area (Å²) in [6.45, 7) is 5.65. The number of thiazole rings is 1. The fourth-order valence-electron chi connectivity index (χ4n) is 4.84. The van der Waals surface area contributed by atoms with Crippen LogP contribution in [0.2, 0.25) is 0 Å². The smallest absolute Gasteiger partial charge is 0.338 e. The summed E-state index contributed by atoms with van der Waals surface area (Å²) in [4.78, 5) is 44.2. The van der Waals surface area contributed by atoms with Gasteiger partial charge in [-0.15, -0.1) is 0 Å². The fraction of sp³-hybridized carbons (Fsp3) is 0.250. The molecule has 10 nitrogen and oxygen atoms in total. The Morgan fingerprint density at radius 2 is 1.70 bits per heavy atom. The minimum atomic E-state index is -0.868. The number of allylic oxidation sites excluding steroid dienone is 1. The van der Waals surface area contributed by atoms with E-state index < -0.39 is 18.0 Å². The lowest BCUT2D eigenvalue weighted by Gasteiger charge is -2.26. The second-order valence-corrected chi connectivity index (χ2v) is 10.4. The predicted molar refractivity (Wildman–Crippen MR) is 160 cm³/mol. The van der Waals surface area contributed by atoms with Crippen LogP contribution in [0.1, 0.15) is 48.5 Å². The largest absolute Gasteiger partial charge is 0.497 e. The molecule has 0 N–H and O–H groups in total. The molecule has 3 heterocycles. The number of fused-ring (bicyclic) bond motifs is 1. The van der Waals surface area contributed by atoms with Crippen LogP contribution in [-0.4, -0.2) is 43.9 Å². The van der Waals surface area contributed by atoms with E-state index in [0.29, 0.717) is 55.8 Å². The number of carbonyl (C=O) groups excluding carboxylic acids is 2. The Kier molecular flexibility index (Phi) is 8.63. The normalized spacial score (nSPS) is 14.6. The van der Waals surface area contributed by atoms with E-state index in [1.165, 1.54) is 30.1 Å². The van der Waals surface area contributed by atoms with Gasteiger partial charge in [-0.3, -0.25) is 9.36 Å². The molecule has 2 aromatic heterocycles. The standard InChI is InChI=1S/C32H30N2O8S/c1-6-40-30(36)20-10-8-19(9-11-20)24-14-13-22(42-24)17-26-29(35)34-28(23-16-21(38-4)12-15-25(23)39-5)27(31(37)41-7-2)18(3)33-32(34)43-26/h8-17,28H,6-7H2,1-5H3/b26-17-/t28-/m1/s1. The third-order valence-electron chi connectivity index (χ3n) is 6.83. The van der Waals surface area contributed by atoms with Crippen molar-refractivity contribution in [1.29, 1.82) is 0 Å². The molecule has 0 aliphatic carbocycles. The summed E-state index contributed by atoms with van der Waals surface area (Å²) in [6, 6.07) is 14.8. The number of nitrogens with zero attached hydrogens (tertiary/aromatic N) is 2. The molecule has 0 saturated carbocycles. The molecule has 0 radical (unpaired) electrons. The summed E-state index contributed by atoms with van der Waals surface area (Å²) < 4.78 is 29.4. The first-order chi connectivity index (χ1) is 20.8. The van der Waals surface area contributed by atoms with Crippen LogP contribution in [0.3, 0.4) is 0 Å². The molecule has 43 heavy (non-hydrogen) atoms. The molecule has 1 aliphatic rings. The lowest BCUT2D eigenvalue weighted by Crippen LogP contribution is -2.40. The molecule has 11 heteroatoms. The van der Waals surface area contributed by atoms with Gasteiger partial charge in [0.05, 0.1) is 48.8 Å². The van der Waals surface area contributed by atoms with Crippen LogP contribution >= 0.6 is 11.3 Å². The molecular formula is C32H30N2O8S. The Morgan fingerprint density at radius 3 is 2.37 bits per heavy atom. The van der Waals surface area contributed by atoms with Crippen LogP contribution in [0.5, 0.6) is 11.5 Å². The van der Waals surface area contributed by atoms with Crippen molar-refractivity contribution >= 4 is 29.4 Å². The van der Waals surface area contributed by atoms with Gasteiger partial charge in [-0.05, 0) is 63.2 Å². The molecule has 1 aliphatic heterocycles. The molecule has 0 fully saturated rings. The van der Waals surface area contributed by atoms with E-state index in [9.17, 15) is 14.4 Å². The summed E-state index contributed by atoms with van der Waals surface area (Å²) in [6.07, 6.45) is 1.64. The minimum Gasteiger partial charge on any atom is -0.497 e. The maximum atomic E-state index is 14.0. The zero-order valence-electron chi connectivity index (χ0n) is 24.3. The zero-order valence-corrected chi connectivity index (χ0v) is 25.2. The van der Waals surface area contributed by atoms with Crippen molar-refractivity contribution in [2.24, 2.45) is 4.99 Å². The maximum absolute atomic E-state index is 14.0. The van der Waals surface area contributed by atoms with Crippen LogP contribution in [0.25, 0.3) is 17.4 Å². The highest BCUT2D eigenvalue weighted by atomic mass is 32.1. The SMILES string of the molecule is CCOC(=O)C1=C(C)N=c2s/c(=C\c3ccc(-c4ccc(C(=O)OCC)cc4)o3)c(=O)n2[C@@H]1c1cc(OC)ccc1OC. The highest BCUT2D eigenvalue weighted by Crippen LogP contribution is 2.37. The lowest BCUT2D eigenvalue weighted by atomic mass is 9.95. The van der Waals surface area contributed by atoms with E-state index in [-0.39, 0.29) is 17.7 Å². The van der Waals surface area contributed by atoms with Crippen molar-refractivity contribution in [3.63, 3.8) is 0 Å². The maximum Gasteiger partial charge on any atom is 0.338 e.